The van der Waals surface area contributed by atoms with Crippen molar-refractivity contribution >= 4 is 29.2 Å². The van der Waals surface area contributed by atoms with E-state index in [2.05, 4.69) is 9.88 Å². The van der Waals surface area contributed by atoms with E-state index in [1.54, 1.807) is 19.0 Å². The first-order valence-corrected chi connectivity index (χ1v) is 11.1. The molecule has 1 aromatic rings. The molecule has 2 saturated heterocycles. The number of rotatable bonds is 4. The first-order chi connectivity index (χ1) is 15.1. The van der Waals surface area contributed by atoms with E-state index in [1.165, 1.54) is 0 Å². The number of halogens is 4. The van der Waals surface area contributed by atoms with Gasteiger partial charge in [0, 0.05) is 65.5 Å². The Balaban J connectivity index is 1.53. The van der Waals surface area contributed by atoms with E-state index >= 15 is 0 Å². The topological polar surface area (TPSA) is 60.0 Å². The van der Waals surface area contributed by atoms with Crippen molar-refractivity contribution in [3.05, 3.63) is 22.8 Å². The van der Waals surface area contributed by atoms with Crippen molar-refractivity contribution < 1.29 is 22.8 Å². The van der Waals surface area contributed by atoms with Crippen molar-refractivity contribution in [2.75, 3.05) is 64.8 Å². The Hall–Kier alpha value is -2.07. The third-order valence-corrected chi connectivity index (χ3v) is 6.33. The summed E-state index contributed by atoms with van der Waals surface area (Å²) in [6, 6.07) is 0.894. The van der Waals surface area contributed by atoms with Crippen LogP contribution in [0, 0.1) is 5.92 Å². The molecule has 0 saturated carbocycles. The Morgan fingerprint density at radius 3 is 2.41 bits per heavy atom. The Morgan fingerprint density at radius 1 is 1.12 bits per heavy atom. The number of pyridine rings is 1. The molecule has 2 amide bonds. The van der Waals surface area contributed by atoms with Crippen molar-refractivity contribution in [2.45, 2.75) is 25.4 Å². The molecular formula is C21H29ClF3N5O2. The highest BCUT2D eigenvalue weighted by molar-refractivity contribution is 6.33. The Labute approximate surface area is 191 Å². The van der Waals surface area contributed by atoms with Crippen LogP contribution in [0.5, 0.6) is 0 Å². The maximum Gasteiger partial charge on any atom is 0.417 e. The number of nitrogens with zero attached hydrogens (tertiary/aromatic N) is 5. The molecule has 3 rings (SSSR count). The zero-order chi connectivity index (χ0) is 23.5. The molecule has 0 N–H and O–H groups in total. The molecule has 1 aromatic heterocycles. The van der Waals surface area contributed by atoms with Gasteiger partial charge in [0.05, 0.1) is 17.1 Å². The lowest BCUT2D eigenvalue weighted by Crippen LogP contribution is -2.44. The van der Waals surface area contributed by atoms with E-state index < -0.39 is 11.7 Å². The van der Waals surface area contributed by atoms with E-state index in [0.29, 0.717) is 57.9 Å². The highest BCUT2D eigenvalue weighted by Gasteiger charge is 2.34. The zero-order valence-electron chi connectivity index (χ0n) is 18.4. The molecule has 0 bridgehead atoms. The quantitative estimate of drug-likeness (QED) is 0.670. The lowest BCUT2D eigenvalue weighted by molar-refractivity contribution is -0.138. The Kier molecular flexibility index (Phi) is 7.87. The van der Waals surface area contributed by atoms with Crippen molar-refractivity contribution in [3.8, 4) is 0 Å². The van der Waals surface area contributed by atoms with Crippen LogP contribution in [-0.4, -0.2) is 91.4 Å². The van der Waals surface area contributed by atoms with Crippen LogP contribution in [-0.2, 0) is 15.8 Å². The molecule has 3 heterocycles. The molecule has 7 nitrogen and oxygen atoms in total. The monoisotopic (exact) mass is 475 g/mol. The molecule has 2 aliphatic rings. The van der Waals surface area contributed by atoms with Gasteiger partial charge in [-0.15, -0.1) is 0 Å². The summed E-state index contributed by atoms with van der Waals surface area (Å²) in [5.41, 5.74) is -0.876. The molecule has 0 spiro atoms. The predicted molar refractivity (Wildman–Crippen MR) is 116 cm³/mol. The summed E-state index contributed by atoms with van der Waals surface area (Å²) in [5.74, 6) is 0.348. The van der Waals surface area contributed by atoms with E-state index in [9.17, 15) is 22.8 Å². The average Bonchev–Trinajstić information content (AvgIpc) is 2.98. The molecule has 0 atom stereocenters. The number of carbonyl (C=O) groups excluding carboxylic acids is 2. The third-order valence-electron chi connectivity index (χ3n) is 6.05. The minimum atomic E-state index is -4.49. The first kappa shape index (κ1) is 24.6. The van der Waals surface area contributed by atoms with Crippen LogP contribution in [0.4, 0.5) is 19.0 Å². The van der Waals surface area contributed by atoms with Crippen molar-refractivity contribution in [1.82, 2.24) is 19.7 Å². The van der Waals surface area contributed by atoms with Gasteiger partial charge < -0.3 is 14.7 Å². The number of aromatic nitrogens is 1. The number of anilines is 1. The number of likely N-dealkylation sites (N-methyl/N-ethyl adjacent to an activating group) is 1. The second-order valence-electron chi connectivity index (χ2n) is 8.53. The van der Waals surface area contributed by atoms with Crippen molar-refractivity contribution in [2.24, 2.45) is 5.92 Å². The fourth-order valence-corrected chi connectivity index (χ4v) is 4.38. The lowest BCUT2D eigenvalue weighted by Gasteiger charge is -2.35. The summed E-state index contributed by atoms with van der Waals surface area (Å²) in [7, 11) is 3.46. The van der Waals surface area contributed by atoms with Crippen LogP contribution in [0.1, 0.15) is 24.8 Å². The van der Waals surface area contributed by atoms with Gasteiger partial charge in [-0.2, -0.15) is 13.2 Å². The highest BCUT2D eigenvalue weighted by Crippen LogP contribution is 2.34. The van der Waals surface area contributed by atoms with Crippen LogP contribution in [0.15, 0.2) is 12.3 Å². The van der Waals surface area contributed by atoms with Gasteiger partial charge in [0.15, 0.2) is 0 Å². The predicted octanol–water partition coefficient (Wildman–Crippen LogP) is 2.59. The van der Waals surface area contributed by atoms with Gasteiger partial charge in [-0.25, -0.2) is 4.98 Å². The Morgan fingerprint density at radius 2 is 1.81 bits per heavy atom. The first-order valence-electron chi connectivity index (χ1n) is 10.7. The molecule has 0 unspecified atom stereocenters. The van der Waals surface area contributed by atoms with Gasteiger partial charge in [0.2, 0.25) is 11.8 Å². The average molecular weight is 476 g/mol. The number of hydrogen-bond donors (Lipinski definition) is 0. The maximum atomic E-state index is 13.1. The van der Waals surface area contributed by atoms with Gasteiger partial charge in [-0.05, 0) is 25.3 Å². The zero-order valence-corrected chi connectivity index (χ0v) is 19.1. The molecule has 0 aromatic carbocycles. The summed E-state index contributed by atoms with van der Waals surface area (Å²) in [6.07, 6.45) is -1.69. The molecule has 2 fully saturated rings. The van der Waals surface area contributed by atoms with Crippen LogP contribution in [0.3, 0.4) is 0 Å². The molecule has 0 aliphatic carbocycles. The summed E-state index contributed by atoms with van der Waals surface area (Å²) in [4.78, 5) is 36.3. The number of hydrogen-bond acceptors (Lipinski definition) is 5. The van der Waals surface area contributed by atoms with Crippen LogP contribution >= 0.6 is 11.6 Å². The molecule has 0 radical (unpaired) electrons. The molecular weight excluding hydrogens is 447 g/mol. The van der Waals surface area contributed by atoms with E-state index in [0.717, 1.165) is 25.2 Å². The van der Waals surface area contributed by atoms with Gasteiger partial charge in [0.1, 0.15) is 5.82 Å². The van der Waals surface area contributed by atoms with Gasteiger partial charge >= 0.3 is 6.18 Å². The minimum absolute atomic E-state index is 0.0375. The van der Waals surface area contributed by atoms with Crippen molar-refractivity contribution in [1.29, 1.82) is 0 Å². The summed E-state index contributed by atoms with van der Waals surface area (Å²) in [5, 5.41) is -0.0375. The Bertz CT molecular complexity index is 828. The normalized spacial score (nSPS) is 19.1. The van der Waals surface area contributed by atoms with E-state index in [-0.39, 0.29) is 22.8 Å². The van der Waals surface area contributed by atoms with E-state index in [1.807, 2.05) is 9.80 Å². The third kappa shape index (κ3) is 6.04. The smallest absolute Gasteiger partial charge is 0.355 e. The number of piperidine rings is 1. The number of carbonyl (C=O) groups is 2. The van der Waals surface area contributed by atoms with Gasteiger partial charge in [-0.3, -0.25) is 14.5 Å². The summed E-state index contributed by atoms with van der Waals surface area (Å²) in [6.45, 7) is 4.06. The second-order valence-corrected chi connectivity index (χ2v) is 8.94. The molecule has 11 heteroatoms. The van der Waals surface area contributed by atoms with Crippen molar-refractivity contribution in [3.63, 3.8) is 0 Å². The van der Waals surface area contributed by atoms with Crippen LogP contribution < -0.4 is 4.90 Å². The van der Waals surface area contributed by atoms with Gasteiger partial charge in [-0.1, -0.05) is 11.6 Å². The number of amides is 2. The van der Waals surface area contributed by atoms with E-state index in [4.69, 9.17) is 11.6 Å². The molecule has 2 aliphatic heterocycles. The standard InChI is InChI=1S/C21H29ClF3N5O2/c1-27(2)18(31)14-28-6-3-7-30(11-10-28)20(32)15-4-8-29(9-5-15)19-17(22)12-16(13-26-19)21(23,24)25/h12-13,15H,3-11,14H2,1-2H3. The molecule has 32 heavy (non-hydrogen) atoms. The minimum Gasteiger partial charge on any atom is -0.355 e. The molecule has 178 valence electrons. The van der Waals surface area contributed by atoms with Crippen LogP contribution in [0.2, 0.25) is 5.02 Å². The highest BCUT2D eigenvalue weighted by atomic mass is 35.5. The second kappa shape index (κ2) is 10.2. The fraction of sp³-hybridized carbons (Fsp3) is 0.667. The fourth-order valence-electron chi connectivity index (χ4n) is 4.10. The summed E-state index contributed by atoms with van der Waals surface area (Å²) >= 11 is 6.07. The largest absolute Gasteiger partial charge is 0.417 e. The maximum absolute atomic E-state index is 13.1. The summed E-state index contributed by atoms with van der Waals surface area (Å²) < 4.78 is 38.5. The SMILES string of the molecule is CN(C)C(=O)CN1CCCN(C(=O)C2CCN(c3ncc(C(F)(F)F)cc3Cl)CC2)CC1. The van der Waals surface area contributed by atoms with Crippen LogP contribution in [0.25, 0.3) is 0 Å². The number of alkyl halides is 3. The lowest BCUT2D eigenvalue weighted by atomic mass is 9.95. The van der Waals surface area contributed by atoms with Gasteiger partial charge in [0.25, 0.3) is 0 Å².